The van der Waals surface area contributed by atoms with Crippen LogP contribution in [0.1, 0.15) is 6.92 Å². The van der Waals surface area contributed by atoms with E-state index in [0.717, 1.165) is 11.8 Å². The highest BCUT2D eigenvalue weighted by Crippen LogP contribution is 1.98. The van der Waals surface area contributed by atoms with Gasteiger partial charge in [0.2, 0.25) is 0 Å². The molecule has 2 nitrogen and oxygen atoms in total. The zero-order valence-corrected chi connectivity index (χ0v) is 5.44. The minimum absolute atomic E-state index is 0.883. The molecule has 0 aromatic heterocycles. The van der Waals surface area contributed by atoms with Crippen molar-refractivity contribution in [3.8, 4) is 0 Å². The zero-order valence-electron chi connectivity index (χ0n) is 4.63. The highest BCUT2D eigenvalue weighted by Gasteiger charge is 1.81. The largest absolute Gasteiger partial charge is 0.478 e. The average Bonchev–Trinajstić information content (AvgIpc) is 1.66. The molecule has 0 radical (unpaired) electrons. The maximum Gasteiger partial charge on any atom is 0.328 e. The van der Waals surface area contributed by atoms with Gasteiger partial charge in [0.05, 0.1) is 0 Å². The van der Waals surface area contributed by atoms with Gasteiger partial charge in [-0.3, -0.25) is 0 Å². The van der Waals surface area contributed by atoms with Crippen molar-refractivity contribution in [2.45, 2.75) is 6.92 Å². The van der Waals surface area contributed by atoms with Gasteiger partial charge in [0.15, 0.2) is 0 Å². The number of hydrogen-bond acceptors (Lipinski definition) is 2. The van der Waals surface area contributed by atoms with Crippen LogP contribution in [0.25, 0.3) is 0 Å². The van der Waals surface area contributed by atoms with Gasteiger partial charge in [0.25, 0.3) is 0 Å². The van der Waals surface area contributed by atoms with Crippen molar-refractivity contribution in [1.82, 2.24) is 0 Å². The molecule has 3 heteroatoms. The number of rotatable bonds is 3. The average molecular weight is 132 g/mol. The van der Waals surface area contributed by atoms with Crippen molar-refractivity contribution in [3.63, 3.8) is 0 Å². The van der Waals surface area contributed by atoms with E-state index in [9.17, 15) is 4.79 Å². The van der Waals surface area contributed by atoms with Gasteiger partial charge in [0, 0.05) is 6.08 Å². The molecule has 1 N–H and O–H groups in total. The second-order valence-electron chi connectivity index (χ2n) is 1.10. The summed E-state index contributed by atoms with van der Waals surface area (Å²) in [6.45, 7) is 1.97. The van der Waals surface area contributed by atoms with E-state index in [1.54, 1.807) is 5.41 Å². The van der Waals surface area contributed by atoms with Crippen LogP contribution in [0, 0.1) is 0 Å². The summed E-state index contributed by atoms with van der Waals surface area (Å²) >= 11 is 1.48. The first-order valence-corrected chi connectivity index (χ1v) is 3.33. The molecular formula is C5H8O2S. The lowest BCUT2D eigenvalue weighted by molar-refractivity contribution is -0.131. The molecule has 0 aliphatic rings. The third kappa shape index (κ3) is 5.56. The molecule has 0 amide bonds. The Balaban J connectivity index is 3.20. The lowest BCUT2D eigenvalue weighted by atomic mass is 10.7. The molecule has 0 rings (SSSR count). The van der Waals surface area contributed by atoms with Crippen LogP contribution in [0.15, 0.2) is 11.5 Å². The number of aliphatic carboxylic acids is 1. The number of carboxylic acid groups (broad SMARTS) is 1. The summed E-state index contributed by atoms with van der Waals surface area (Å²) in [4.78, 5) is 9.77. The second-order valence-corrected chi connectivity index (χ2v) is 2.28. The maximum atomic E-state index is 9.77. The topological polar surface area (TPSA) is 37.3 Å². The molecular weight excluding hydrogens is 124 g/mol. The zero-order chi connectivity index (χ0) is 6.41. The predicted molar refractivity (Wildman–Crippen MR) is 34.9 cm³/mol. The summed E-state index contributed by atoms with van der Waals surface area (Å²) in [5, 5.41) is 9.61. The van der Waals surface area contributed by atoms with Gasteiger partial charge in [-0.25, -0.2) is 4.79 Å². The van der Waals surface area contributed by atoms with Crippen molar-refractivity contribution in [2.24, 2.45) is 0 Å². The van der Waals surface area contributed by atoms with E-state index in [-0.39, 0.29) is 0 Å². The molecule has 0 aromatic carbocycles. The number of carboxylic acids is 1. The van der Waals surface area contributed by atoms with E-state index in [4.69, 9.17) is 5.11 Å². The lowest BCUT2D eigenvalue weighted by Gasteiger charge is -1.79. The van der Waals surface area contributed by atoms with Crippen molar-refractivity contribution in [3.05, 3.63) is 11.5 Å². The Morgan fingerprint density at radius 1 is 1.88 bits per heavy atom. The van der Waals surface area contributed by atoms with Crippen molar-refractivity contribution in [2.75, 3.05) is 5.75 Å². The first kappa shape index (κ1) is 7.56. The first-order chi connectivity index (χ1) is 3.77. The summed E-state index contributed by atoms with van der Waals surface area (Å²) < 4.78 is 0. The molecule has 0 heterocycles. The van der Waals surface area contributed by atoms with E-state index in [0.29, 0.717) is 0 Å². The number of thioether (sulfide) groups is 1. The standard InChI is InChI=1S/C5H8O2S/c1-2-8-4-3-5(6)7/h3-4H,2H2,1H3,(H,6,7). The van der Waals surface area contributed by atoms with E-state index >= 15 is 0 Å². The number of hydrogen-bond donors (Lipinski definition) is 1. The Bertz CT molecular complexity index is 98.6. The van der Waals surface area contributed by atoms with Crippen LogP contribution in [-0.2, 0) is 4.79 Å². The Kier molecular flexibility index (Phi) is 4.45. The molecule has 0 atom stereocenters. The van der Waals surface area contributed by atoms with Crippen molar-refractivity contribution in [1.29, 1.82) is 0 Å². The third-order valence-corrected chi connectivity index (χ3v) is 1.14. The van der Waals surface area contributed by atoms with Crippen LogP contribution in [-0.4, -0.2) is 16.8 Å². The normalized spacial score (nSPS) is 10.1. The van der Waals surface area contributed by atoms with Crippen LogP contribution < -0.4 is 0 Å². The number of carbonyl (C=O) groups is 1. The van der Waals surface area contributed by atoms with Crippen LogP contribution in [0.2, 0.25) is 0 Å². The third-order valence-electron chi connectivity index (χ3n) is 0.474. The van der Waals surface area contributed by atoms with Gasteiger partial charge in [-0.15, -0.1) is 11.8 Å². The van der Waals surface area contributed by atoms with E-state index in [2.05, 4.69) is 0 Å². The summed E-state index contributed by atoms with van der Waals surface area (Å²) in [7, 11) is 0. The second kappa shape index (κ2) is 4.71. The highest BCUT2D eigenvalue weighted by atomic mass is 32.2. The summed E-state index contributed by atoms with van der Waals surface area (Å²) in [6, 6.07) is 0. The minimum atomic E-state index is -0.883. The van der Waals surface area contributed by atoms with Gasteiger partial charge in [0.1, 0.15) is 0 Å². The molecule has 46 valence electrons. The van der Waals surface area contributed by atoms with Crippen LogP contribution in [0.5, 0.6) is 0 Å². The molecule has 0 aromatic rings. The van der Waals surface area contributed by atoms with Crippen molar-refractivity contribution >= 4 is 17.7 Å². The van der Waals surface area contributed by atoms with E-state index in [1.165, 1.54) is 11.8 Å². The molecule has 0 saturated carbocycles. The predicted octanol–water partition coefficient (Wildman–Crippen LogP) is 1.34. The van der Waals surface area contributed by atoms with Gasteiger partial charge >= 0.3 is 5.97 Å². The summed E-state index contributed by atoms with van der Waals surface area (Å²) in [6.07, 6.45) is 1.13. The van der Waals surface area contributed by atoms with Gasteiger partial charge in [-0.2, -0.15) is 0 Å². The SMILES string of the molecule is CCSC=CC(=O)O. The van der Waals surface area contributed by atoms with Crippen LogP contribution in [0.3, 0.4) is 0 Å². The quantitative estimate of drug-likeness (QED) is 0.589. The summed E-state index contributed by atoms with van der Waals surface area (Å²) in [5.41, 5.74) is 0. The Morgan fingerprint density at radius 3 is 2.88 bits per heavy atom. The van der Waals surface area contributed by atoms with Crippen molar-refractivity contribution < 1.29 is 9.90 Å². The minimum Gasteiger partial charge on any atom is -0.478 e. The van der Waals surface area contributed by atoms with Gasteiger partial charge < -0.3 is 5.11 Å². The maximum absolute atomic E-state index is 9.77. The molecule has 8 heavy (non-hydrogen) atoms. The highest BCUT2D eigenvalue weighted by molar-refractivity contribution is 8.02. The molecule has 0 fully saturated rings. The fraction of sp³-hybridized carbons (Fsp3) is 0.400. The van der Waals surface area contributed by atoms with E-state index < -0.39 is 5.97 Å². The Morgan fingerprint density at radius 2 is 2.50 bits per heavy atom. The fourth-order valence-electron chi connectivity index (χ4n) is 0.203. The Hall–Kier alpha value is -0.440. The monoisotopic (exact) mass is 132 g/mol. The Labute approximate surface area is 52.6 Å². The van der Waals surface area contributed by atoms with E-state index in [1.807, 2.05) is 6.92 Å². The summed E-state index contributed by atoms with van der Waals surface area (Å²) in [5.74, 6) is 0.0370. The molecule has 0 unspecified atom stereocenters. The molecule has 0 aliphatic heterocycles. The van der Waals surface area contributed by atoms with Gasteiger partial charge in [-0.1, -0.05) is 6.92 Å². The lowest BCUT2D eigenvalue weighted by Crippen LogP contribution is -1.84. The fourth-order valence-corrected chi connectivity index (χ4v) is 0.608. The van der Waals surface area contributed by atoms with Crippen LogP contribution in [0.4, 0.5) is 0 Å². The van der Waals surface area contributed by atoms with Gasteiger partial charge in [-0.05, 0) is 11.2 Å². The molecule has 0 bridgehead atoms. The molecule has 0 spiro atoms. The molecule has 0 aliphatic carbocycles. The molecule has 0 saturated heterocycles. The smallest absolute Gasteiger partial charge is 0.328 e. The first-order valence-electron chi connectivity index (χ1n) is 2.28. The van der Waals surface area contributed by atoms with Crippen LogP contribution >= 0.6 is 11.8 Å².